The fourth-order valence-electron chi connectivity index (χ4n) is 9.54. The molecule has 0 spiro atoms. The van der Waals surface area contributed by atoms with Gasteiger partial charge in [0.1, 0.15) is 6.29 Å². The Morgan fingerprint density at radius 3 is 2.76 bits per heavy atom. The fourth-order valence-corrected chi connectivity index (χ4v) is 9.54. The molecule has 1 aromatic carbocycles. The van der Waals surface area contributed by atoms with Gasteiger partial charge in [-0.05, 0) is 110 Å². The average molecular weight is 459 g/mol. The monoisotopic (exact) mass is 458 g/mol. The molecule has 4 saturated carbocycles. The van der Waals surface area contributed by atoms with Crippen LogP contribution in [0.5, 0.6) is 0 Å². The Hall–Kier alpha value is -1.87. The molecule has 5 aliphatic carbocycles. The Morgan fingerprint density at radius 2 is 1.97 bits per heavy atom. The number of para-hydroxylation sites is 1. The first-order valence-electron chi connectivity index (χ1n) is 13.9. The lowest BCUT2D eigenvalue weighted by Gasteiger charge is -2.38. The van der Waals surface area contributed by atoms with E-state index in [4.69, 9.17) is 5.73 Å². The molecule has 0 saturated heterocycles. The fraction of sp³-hybridized carbons (Fsp3) is 0.645. The highest BCUT2D eigenvalue weighted by atomic mass is 16.1. The van der Waals surface area contributed by atoms with Crippen LogP contribution >= 0.6 is 0 Å². The second-order valence-corrected chi connectivity index (χ2v) is 12.6. The van der Waals surface area contributed by atoms with Crippen LogP contribution in [0, 0.1) is 58.7 Å². The Morgan fingerprint density at radius 1 is 1.15 bits per heavy atom. The number of carbonyl (C=O) groups is 1. The van der Waals surface area contributed by atoms with E-state index in [1.165, 1.54) is 49.8 Å². The molecule has 5 aliphatic rings. The van der Waals surface area contributed by atoms with Crippen LogP contribution < -0.4 is 11.1 Å². The Kier molecular flexibility index (Phi) is 5.75. The molecule has 0 unspecified atom stereocenters. The summed E-state index contributed by atoms with van der Waals surface area (Å²) in [5, 5.41) is 3.66. The predicted molar refractivity (Wildman–Crippen MR) is 139 cm³/mol. The Balaban J connectivity index is 1.19. The minimum Gasteiger partial charge on any atom is -0.385 e. The molecular weight excluding hydrogens is 416 g/mol. The summed E-state index contributed by atoms with van der Waals surface area (Å²) >= 11 is 0. The first-order chi connectivity index (χ1) is 16.5. The molecule has 3 nitrogen and oxygen atoms in total. The number of rotatable bonds is 6. The third-order valence-electron chi connectivity index (χ3n) is 10.9. The Labute approximate surface area is 205 Å². The number of carbonyl (C=O) groups excluding carboxylic acids is 1. The van der Waals surface area contributed by atoms with Crippen molar-refractivity contribution in [1.82, 2.24) is 0 Å². The second-order valence-electron chi connectivity index (χ2n) is 12.6. The van der Waals surface area contributed by atoms with Gasteiger partial charge in [0.15, 0.2) is 0 Å². The zero-order valence-corrected chi connectivity index (χ0v) is 20.7. The van der Waals surface area contributed by atoms with E-state index >= 15 is 0 Å². The van der Waals surface area contributed by atoms with Gasteiger partial charge in [-0.1, -0.05) is 49.4 Å². The lowest BCUT2D eigenvalue weighted by Crippen LogP contribution is -2.43. The Bertz CT molecular complexity index is 955. The van der Waals surface area contributed by atoms with Gasteiger partial charge >= 0.3 is 0 Å². The number of fused-ring (bicyclic) bond motifs is 4. The minimum absolute atomic E-state index is 0.00271. The highest BCUT2D eigenvalue weighted by Crippen LogP contribution is 2.75. The number of benzene rings is 1. The molecule has 0 aromatic heterocycles. The molecule has 6 rings (SSSR count). The van der Waals surface area contributed by atoms with Crippen LogP contribution in [0.15, 0.2) is 54.6 Å². The van der Waals surface area contributed by atoms with Crippen molar-refractivity contribution < 1.29 is 4.79 Å². The van der Waals surface area contributed by atoms with E-state index in [1.807, 2.05) is 0 Å². The van der Waals surface area contributed by atoms with Crippen LogP contribution in [0.4, 0.5) is 5.69 Å². The summed E-state index contributed by atoms with van der Waals surface area (Å²) in [5.74, 6) is 5.98. The molecule has 4 fully saturated rings. The molecule has 3 heteroatoms. The van der Waals surface area contributed by atoms with Crippen LogP contribution in [-0.2, 0) is 4.79 Å². The van der Waals surface area contributed by atoms with E-state index in [0.29, 0.717) is 35.5 Å². The maximum absolute atomic E-state index is 12.2. The van der Waals surface area contributed by atoms with Crippen molar-refractivity contribution >= 4 is 12.0 Å². The topological polar surface area (TPSA) is 55.1 Å². The van der Waals surface area contributed by atoms with Crippen molar-refractivity contribution in [2.75, 3.05) is 11.9 Å². The van der Waals surface area contributed by atoms with Gasteiger partial charge in [-0.25, -0.2) is 0 Å². The quantitative estimate of drug-likeness (QED) is 0.401. The third kappa shape index (κ3) is 3.53. The standard InChI is InChI=1S/C31H42N2O/c1-19-12-26-20(2)8-11-28-30(27(26)13-19)31(28,29(32)18-34)24-10-9-22-14-21(15-23(22)16-24)17-33-25-6-4-3-5-7-25/h3-7,9-10,18-19,21-24,26-30,33H,2,8,11-17,32H2,1H3/t19-,21+,22+,23-,24+,26+,27+,28+,29+,30-,31+/m0/s1. The predicted octanol–water partition coefficient (Wildman–Crippen LogP) is 6.09. The van der Waals surface area contributed by atoms with Gasteiger partial charge in [-0.15, -0.1) is 0 Å². The lowest BCUT2D eigenvalue weighted by atomic mass is 9.67. The van der Waals surface area contributed by atoms with Crippen LogP contribution in [0.1, 0.15) is 51.9 Å². The first kappa shape index (κ1) is 22.6. The van der Waals surface area contributed by atoms with Crippen molar-refractivity contribution in [1.29, 1.82) is 0 Å². The number of nitrogens with one attached hydrogen (secondary N) is 1. The van der Waals surface area contributed by atoms with Crippen molar-refractivity contribution in [3.8, 4) is 0 Å². The molecule has 182 valence electrons. The van der Waals surface area contributed by atoms with E-state index in [9.17, 15) is 4.79 Å². The normalized spacial score (nSPS) is 45.6. The SMILES string of the molecule is C=C1CC[C@@H]2[C@H]([C@@H]3C[C@@H](C)C[C@H]13)[C@]2([C@H](N)C=O)[C@@H]1C=C[C@@H]2C[C@@H](CNc3ccccc3)C[C@H]2C1. The number of nitrogens with two attached hydrogens (primary N) is 1. The number of hydrogen-bond donors (Lipinski definition) is 2. The summed E-state index contributed by atoms with van der Waals surface area (Å²) in [6.07, 6.45) is 14.9. The summed E-state index contributed by atoms with van der Waals surface area (Å²) in [4.78, 5) is 12.2. The first-order valence-corrected chi connectivity index (χ1v) is 13.9. The van der Waals surface area contributed by atoms with Gasteiger partial charge in [0.2, 0.25) is 0 Å². The summed E-state index contributed by atoms with van der Waals surface area (Å²) in [6.45, 7) is 7.97. The van der Waals surface area contributed by atoms with Gasteiger partial charge in [0.05, 0.1) is 6.04 Å². The van der Waals surface area contributed by atoms with Crippen molar-refractivity contribution in [3.63, 3.8) is 0 Å². The van der Waals surface area contributed by atoms with Gasteiger partial charge in [0.25, 0.3) is 0 Å². The van der Waals surface area contributed by atoms with E-state index in [1.54, 1.807) is 0 Å². The maximum atomic E-state index is 12.2. The van der Waals surface area contributed by atoms with Gasteiger partial charge in [-0.2, -0.15) is 0 Å². The van der Waals surface area contributed by atoms with Crippen molar-refractivity contribution in [2.45, 2.75) is 57.9 Å². The van der Waals surface area contributed by atoms with Gasteiger partial charge in [-0.3, -0.25) is 0 Å². The third-order valence-corrected chi connectivity index (χ3v) is 10.9. The smallest absolute Gasteiger partial charge is 0.137 e. The van der Waals surface area contributed by atoms with Gasteiger partial charge in [0, 0.05) is 17.6 Å². The summed E-state index contributed by atoms with van der Waals surface area (Å²) in [6, 6.07) is 10.3. The molecular formula is C31H42N2O. The van der Waals surface area contributed by atoms with E-state index in [-0.39, 0.29) is 11.5 Å². The van der Waals surface area contributed by atoms with E-state index in [2.05, 4.69) is 61.3 Å². The molecule has 0 radical (unpaired) electrons. The van der Waals surface area contributed by atoms with Crippen LogP contribution in [0.25, 0.3) is 0 Å². The van der Waals surface area contributed by atoms with E-state index in [0.717, 1.165) is 37.0 Å². The zero-order valence-electron chi connectivity index (χ0n) is 20.7. The number of hydrogen-bond acceptors (Lipinski definition) is 3. The molecule has 0 amide bonds. The van der Waals surface area contributed by atoms with Crippen molar-refractivity contribution in [2.24, 2.45) is 64.4 Å². The molecule has 34 heavy (non-hydrogen) atoms. The molecule has 0 bridgehead atoms. The molecule has 11 atom stereocenters. The van der Waals surface area contributed by atoms with Crippen molar-refractivity contribution in [3.05, 3.63) is 54.6 Å². The van der Waals surface area contributed by atoms with Gasteiger partial charge < -0.3 is 15.8 Å². The summed E-state index contributed by atoms with van der Waals surface area (Å²) in [7, 11) is 0. The number of allylic oxidation sites excluding steroid dienone is 3. The molecule has 3 N–H and O–H groups in total. The largest absolute Gasteiger partial charge is 0.385 e. The molecule has 1 aromatic rings. The minimum atomic E-state index is -0.325. The highest BCUT2D eigenvalue weighted by molar-refractivity contribution is 5.61. The second kappa shape index (κ2) is 8.66. The summed E-state index contributed by atoms with van der Waals surface area (Å²) in [5.41, 5.74) is 9.46. The number of anilines is 1. The molecule has 0 aliphatic heterocycles. The summed E-state index contributed by atoms with van der Waals surface area (Å²) < 4.78 is 0. The van der Waals surface area contributed by atoms with E-state index < -0.39 is 0 Å². The lowest BCUT2D eigenvalue weighted by molar-refractivity contribution is -0.111. The molecule has 0 heterocycles. The average Bonchev–Trinajstić information content (AvgIpc) is 3.15. The zero-order chi connectivity index (χ0) is 23.4. The highest BCUT2D eigenvalue weighted by Gasteiger charge is 2.73. The maximum Gasteiger partial charge on any atom is 0.137 e. The van der Waals surface area contributed by atoms with Crippen LogP contribution in [0.2, 0.25) is 0 Å². The number of aldehydes is 1. The van der Waals surface area contributed by atoms with Crippen LogP contribution in [-0.4, -0.2) is 18.9 Å². The van der Waals surface area contributed by atoms with Crippen LogP contribution in [0.3, 0.4) is 0 Å².